The van der Waals surface area contributed by atoms with Crippen molar-refractivity contribution in [1.82, 2.24) is 10.9 Å². The van der Waals surface area contributed by atoms with Gasteiger partial charge >= 0.3 is 0 Å². The molecular weight excluding hydrogens is 252 g/mol. The third-order valence-corrected chi connectivity index (χ3v) is 2.44. The zero-order valence-electron chi connectivity index (χ0n) is 10.7. The molecule has 18 heavy (non-hydrogen) atoms. The topological polar surface area (TPSA) is 50.4 Å². The quantitative estimate of drug-likeness (QED) is 0.807. The van der Waals surface area contributed by atoms with Crippen LogP contribution in [0.2, 0.25) is 5.02 Å². The molecule has 1 rings (SSSR count). The van der Waals surface area contributed by atoms with E-state index in [0.717, 1.165) is 5.56 Å². The maximum Gasteiger partial charge on any atom is 0.279 e. The summed E-state index contributed by atoms with van der Waals surface area (Å²) < 4.78 is 5.55. The largest absolute Gasteiger partial charge is 0.481 e. The van der Waals surface area contributed by atoms with Crippen molar-refractivity contribution in [2.75, 3.05) is 0 Å². The predicted octanol–water partition coefficient (Wildman–Crippen LogP) is 2.57. The minimum atomic E-state index is -0.614. The smallest absolute Gasteiger partial charge is 0.279 e. The van der Waals surface area contributed by atoms with Crippen LogP contribution in [-0.4, -0.2) is 12.0 Å². The molecule has 4 nitrogen and oxygen atoms in total. The molecule has 0 aliphatic rings. The second kappa shape index (κ2) is 6.31. The molecule has 0 spiro atoms. The summed E-state index contributed by atoms with van der Waals surface area (Å²) in [5.74, 6) is 0.365. The van der Waals surface area contributed by atoms with Crippen molar-refractivity contribution in [2.24, 2.45) is 0 Å². The molecule has 0 fully saturated rings. The predicted molar refractivity (Wildman–Crippen MR) is 72.4 cm³/mol. The monoisotopic (exact) mass is 268 g/mol. The lowest BCUT2D eigenvalue weighted by atomic mass is 10.2. The van der Waals surface area contributed by atoms with Crippen molar-refractivity contribution in [3.8, 4) is 5.75 Å². The van der Waals surface area contributed by atoms with Gasteiger partial charge in [-0.25, -0.2) is 0 Å². The number of allylic oxidation sites excluding steroid dienone is 1. The van der Waals surface area contributed by atoms with E-state index in [1.54, 1.807) is 32.0 Å². The fourth-order valence-corrected chi connectivity index (χ4v) is 1.49. The number of carbonyl (C=O) groups is 1. The molecule has 98 valence electrons. The first-order valence-electron chi connectivity index (χ1n) is 5.54. The van der Waals surface area contributed by atoms with Gasteiger partial charge < -0.3 is 10.2 Å². The van der Waals surface area contributed by atoms with E-state index in [0.29, 0.717) is 16.5 Å². The molecule has 1 aromatic rings. The van der Waals surface area contributed by atoms with Gasteiger partial charge in [0.2, 0.25) is 0 Å². The van der Waals surface area contributed by atoms with Gasteiger partial charge in [-0.1, -0.05) is 18.2 Å². The average Bonchev–Trinajstić information content (AvgIpc) is 2.29. The lowest BCUT2D eigenvalue weighted by Crippen LogP contribution is -2.43. The van der Waals surface area contributed by atoms with Crippen molar-refractivity contribution < 1.29 is 9.53 Å². The van der Waals surface area contributed by atoms with Gasteiger partial charge in [-0.15, -0.1) is 0 Å². The number of rotatable bonds is 5. The highest BCUT2D eigenvalue weighted by atomic mass is 35.5. The van der Waals surface area contributed by atoms with Gasteiger partial charge in [0.05, 0.1) is 0 Å². The Morgan fingerprint density at radius 3 is 2.67 bits per heavy atom. The SMILES string of the molecule is C=C(C)NNC(=O)C(C)Oc1ccc(Cl)cc1C. The molecule has 2 N–H and O–H groups in total. The van der Waals surface area contributed by atoms with Crippen molar-refractivity contribution in [2.45, 2.75) is 26.9 Å². The lowest BCUT2D eigenvalue weighted by molar-refractivity contribution is -0.128. The van der Waals surface area contributed by atoms with E-state index >= 15 is 0 Å². The van der Waals surface area contributed by atoms with Gasteiger partial charge in [0, 0.05) is 10.7 Å². The van der Waals surface area contributed by atoms with E-state index < -0.39 is 6.10 Å². The zero-order chi connectivity index (χ0) is 13.7. The Labute approximate surface area is 112 Å². The number of amides is 1. The van der Waals surface area contributed by atoms with Gasteiger partial charge in [-0.2, -0.15) is 0 Å². The molecule has 0 saturated heterocycles. The van der Waals surface area contributed by atoms with Crippen molar-refractivity contribution in [1.29, 1.82) is 0 Å². The van der Waals surface area contributed by atoms with Gasteiger partial charge in [0.25, 0.3) is 5.91 Å². The van der Waals surface area contributed by atoms with E-state index in [4.69, 9.17) is 16.3 Å². The highest BCUT2D eigenvalue weighted by Crippen LogP contribution is 2.22. The Morgan fingerprint density at radius 1 is 1.44 bits per heavy atom. The van der Waals surface area contributed by atoms with Gasteiger partial charge in [-0.05, 0) is 44.5 Å². The average molecular weight is 269 g/mol. The van der Waals surface area contributed by atoms with Gasteiger partial charge in [0.1, 0.15) is 5.75 Å². The van der Waals surface area contributed by atoms with E-state index in [1.165, 1.54) is 0 Å². The number of aryl methyl sites for hydroxylation is 1. The zero-order valence-corrected chi connectivity index (χ0v) is 11.5. The lowest BCUT2D eigenvalue weighted by Gasteiger charge is -2.17. The van der Waals surface area contributed by atoms with Gasteiger partial charge in [-0.3, -0.25) is 10.2 Å². The molecule has 1 amide bonds. The summed E-state index contributed by atoms with van der Waals surface area (Å²) >= 11 is 5.85. The molecule has 0 bridgehead atoms. The molecule has 0 aliphatic carbocycles. The van der Waals surface area contributed by atoms with Crippen LogP contribution >= 0.6 is 11.6 Å². The normalized spacial score (nSPS) is 11.6. The van der Waals surface area contributed by atoms with E-state index in [2.05, 4.69) is 17.4 Å². The Hall–Kier alpha value is -1.68. The standard InChI is InChI=1S/C13H17ClN2O2/c1-8(2)15-16-13(17)10(4)18-12-6-5-11(14)7-9(12)3/h5-7,10,15H,1H2,2-4H3,(H,16,17). The number of hydrogen-bond donors (Lipinski definition) is 2. The molecule has 1 atom stereocenters. The number of benzene rings is 1. The molecule has 0 aromatic heterocycles. The summed E-state index contributed by atoms with van der Waals surface area (Å²) in [4.78, 5) is 11.7. The maximum absolute atomic E-state index is 11.7. The minimum Gasteiger partial charge on any atom is -0.481 e. The second-order valence-electron chi connectivity index (χ2n) is 4.06. The fourth-order valence-electron chi connectivity index (χ4n) is 1.26. The number of ether oxygens (including phenoxy) is 1. The maximum atomic E-state index is 11.7. The van der Waals surface area contributed by atoms with Crippen LogP contribution in [0.1, 0.15) is 19.4 Å². The van der Waals surface area contributed by atoms with Crippen LogP contribution in [0.3, 0.4) is 0 Å². The summed E-state index contributed by atoms with van der Waals surface area (Å²) in [6.45, 7) is 8.90. The van der Waals surface area contributed by atoms with E-state index in [-0.39, 0.29) is 5.91 Å². The third kappa shape index (κ3) is 4.30. The minimum absolute atomic E-state index is 0.271. The first-order valence-corrected chi connectivity index (χ1v) is 5.92. The second-order valence-corrected chi connectivity index (χ2v) is 4.50. The number of carbonyl (C=O) groups excluding carboxylic acids is 1. The Morgan fingerprint density at radius 2 is 2.11 bits per heavy atom. The molecule has 1 aromatic carbocycles. The van der Waals surface area contributed by atoms with Crippen molar-refractivity contribution in [3.63, 3.8) is 0 Å². The van der Waals surface area contributed by atoms with E-state index in [1.807, 2.05) is 6.92 Å². The van der Waals surface area contributed by atoms with Crippen LogP contribution < -0.4 is 15.6 Å². The van der Waals surface area contributed by atoms with Crippen LogP contribution in [0.5, 0.6) is 5.75 Å². The van der Waals surface area contributed by atoms with Crippen LogP contribution in [0.4, 0.5) is 0 Å². The number of nitrogens with one attached hydrogen (secondary N) is 2. The Bertz CT molecular complexity index is 460. The van der Waals surface area contributed by atoms with Crippen molar-refractivity contribution in [3.05, 3.63) is 41.1 Å². The first kappa shape index (κ1) is 14.4. The summed E-state index contributed by atoms with van der Waals surface area (Å²) in [7, 11) is 0. The van der Waals surface area contributed by atoms with Gasteiger partial charge in [0.15, 0.2) is 6.10 Å². The molecule has 5 heteroatoms. The molecule has 1 unspecified atom stereocenters. The van der Waals surface area contributed by atoms with Crippen molar-refractivity contribution >= 4 is 17.5 Å². The molecule has 0 radical (unpaired) electrons. The van der Waals surface area contributed by atoms with Crippen LogP contribution in [0, 0.1) is 6.92 Å². The van der Waals surface area contributed by atoms with E-state index in [9.17, 15) is 4.79 Å². The molecular formula is C13H17ClN2O2. The molecule has 0 aliphatic heterocycles. The number of hydrogen-bond acceptors (Lipinski definition) is 3. The highest BCUT2D eigenvalue weighted by molar-refractivity contribution is 6.30. The highest BCUT2D eigenvalue weighted by Gasteiger charge is 2.15. The summed E-state index contributed by atoms with van der Waals surface area (Å²) in [6.07, 6.45) is -0.614. The van der Waals surface area contributed by atoms with Crippen LogP contribution in [-0.2, 0) is 4.79 Å². The molecule has 0 saturated carbocycles. The number of hydrazine groups is 1. The first-order chi connectivity index (χ1) is 8.40. The Balaban J connectivity index is 2.60. The Kier molecular flexibility index (Phi) is 5.04. The van der Waals surface area contributed by atoms with Crippen LogP contribution in [0.15, 0.2) is 30.5 Å². The molecule has 0 heterocycles. The summed E-state index contributed by atoms with van der Waals surface area (Å²) in [5.41, 5.74) is 6.67. The third-order valence-electron chi connectivity index (χ3n) is 2.21. The summed E-state index contributed by atoms with van der Waals surface area (Å²) in [5, 5.41) is 0.640. The van der Waals surface area contributed by atoms with Crippen LogP contribution in [0.25, 0.3) is 0 Å². The number of halogens is 1. The summed E-state index contributed by atoms with van der Waals surface area (Å²) in [6, 6.07) is 5.25. The fraction of sp³-hybridized carbons (Fsp3) is 0.308.